The fourth-order valence-electron chi connectivity index (χ4n) is 4.66. The number of rotatable bonds is 5. The lowest BCUT2D eigenvalue weighted by Gasteiger charge is -2.30. The Morgan fingerprint density at radius 2 is 1.68 bits per heavy atom. The third kappa shape index (κ3) is 3.98. The van der Waals surface area contributed by atoms with Gasteiger partial charge >= 0.3 is 5.97 Å². The van der Waals surface area contributed by atoms with Crippen molar-refractivity contribution in [3.63, 3.8) is 0 Å². The second-order valence-electron chi connectivity index (χ2n) is 8.14. The first-order chi connectivity index (χ1) is 13.6. The Bertz CT molecular complexity index is 826. The highest BCUT2D eigenvalue weighted by Crippen LogP contribution is 2.39. The zero-order valence-electron chi connectivity index (χ0n) is 16.5. The van der Waals surface area contributed by atoms with Crippen molar-refractivity contribution in [3.05, 3.63) is 70.8 Å². The summed E-state index contributed by atoms with van der Waals surface area (Å²) in [7, 11) is 0. The molecule has 1 saturated heterocycles. The molecule has 2 aliphatic rings. The molecule has 1 aliphatic heterocycles. The molecule has 0 amide bonds. The summed E-state index contributed by atoms with van der Waals surface area (Å²) in [6.45, 7) is 5.48. The summed E-state index contributed by atoms with van der Waals surface area (Å²) in [5.74, 6) is -0.364. The number of fused-ring (bicyclic) bond motifs is 2. The van der Waals surface area contributed by atoms with Crippen molar-refractivity contribution in [2.75, 3.05) is 26.2 Å². The Labute approximate surface area is 167 Å². The highest BCUT2D eigenvalue weighted by Gasteiger charge is 2.28. The van der Waals surface area contributed by atoms with E-state index in [-0.39, 0.29) is 12.0 Å². The molecule has 148 valence electrons. The van der Waals surface area contributed by atoms with Crippen molar-refractivity contribution < 1.29 is 14.6 Å². The Kier molecular flexibility index (Phi) is 5.79. The normalized spacial score (nSPS) is 22.9. The van der Waals surface area contributed by atoms with Crippen LogP contribution >= 0.6 is 0 Å². The molecule has 1 N–H and O–H groups in total. The van der Waals surface area contributed by atoms with Gasteiger partial charge < -0.3 is 14.7 Å². The lowest BCUT2D eigenvalue weighted by atomic mass is 9.93. The number of hydrogen-bond acceptors (Lipinski definition) is 3. The van der Waals surface area contributed by atoms with Crippen LogP contribution in [-0.2, 0) is 16.0 Å². The maximum absolute atomic E-state index is 11.1. The minimum atomic E-state index is -0.656. The Morgan fingerprint density at radius 1 is 1.04 bits per heavy atom. The smallest absolute Gasteiger partial charge is 0.306 e. The number of carboxylic acids is 1. The van der Waals surface area contributed by atoms with E-state index in [1.54, 1.807) is 0 Å². The second-order valence-corrected chi connectivity index (χ2v) is 8.14. The van der Waals surface area contributed by atoms with Crippen LogP contribution < -0.4 is 0 Å². The van der Waals surface area contributed by atoms with Gasteiger partial charge in [-0.3, -0.25) is 4.79 Å². The summed E-state index contributed by atoms with van der Waals surface area (Å²) >= 11 is 0. The molecule has 0 aromatic heterocycles. The summed E-state index contributed by atoms with van der Waals surface area (Å²) in [6, 6.07) is 17.3. The molecule has 2 aromatic rings. The molecule has 1 aliphatic carbocycles. The molecule has 4 rings (SSSR count). The zero-order chi connectivity index (χ0) is 19.5. The van der Waals surface area contributed by atoms with Crippen LogP contribution in [0.4, 0.5) is 0 Å². The molecule has 1 fully saturated rings. The third-order valence-corrected chi connectivity index (χ3v) is 6.30. The van der Waals surface area contributed by atoms with E-state index in [2.05, 4.69) is 60.4 Å². The average Bonchev–Trinajstić information content (AvgIpc) is 2.83. The Morgan fingerprint density at radius 3 is 2.39 bits per heavy atom. The van der Waals surface area contributed by atoms with Crippen LogP contribution in [0.5, 0.6) is 0 Å². The van der Waals surface area contributed by atoms with Gasteiger partial charge in [-0.2, -0.15) is 0 Å². The monoisotopic (exact) mass is 379 g/mol. The molecule has 1 heterocycles. The largest absolute Gasteiger partial charge is 0.481 e. The summed E-state index contributed by atoms with van der Waals surface area (Å²) in [4.78, 5) is 13.5. The van der Waals surface area contributed by atoms with Gasteiger partial charge in [0.05, 0.1) is 12.5 Å². The first kappa shape index (κ1) is 19.2. The molecular formula is C24H29NO3. The summed E-state index contributed by atoms with van der Waals surface area (Å²) in [5.41, 5.74) is 5.32. The van der Waals surface area contributed by atoms with E-state index in [1.165, 1.54) is 22.3 Å². The number of benzene rings is 2. The minimum Gasteiger partial charge on any atom is -0.481 e. The molecule has 0 spiro atoms. The minimum absolute atomic E-state index is 0.0334. The maximum atomic E-state index is 11.1. The molecular weight excluding hydrogens is 350 g/mol. The van der Waals surface area contributed by atoms with Crippen molar-refractivity contribution in [1.82, 2.24) is 4.90 Å². The van der Waals surface area contributed by atoms with Gasteiger partial charge in [-0.1, -0.05) is 55.5 Å². The number of hydrogen-bond donors (Lipinski definition) is 1. The quantitative estimate of drug-likeness (QED) is 0.844. The van der Waals surface area contributed by atoms with Gasteiger partial charge in [0.2, 0.25) is 0 Å². The number of carbonyl (C=O) groups is 1. The highest BCUT2D eigenvalue weighted by atomic mass is 16.5. The van der Waals surface area contributed by atoms with E-state index in [9.17, 15) is 4.79 Å². The van der Waals surface area contributed by atoms with Gasteiger partial charge in [-0.25, -0.2) is 0 Å². The van der Waals surface area contributed by atoms with E-state index >= 15 is 0 Å². The SMILES string of the molecule is CC1Cc2ccccc2C(OCCN2CCC(C(=O)O)CC2)c2ccccc21. The molecule has 2 atom stereocenters. The fourth-order valence-corrected chi connectivity index (χ4v) is 4.66. The van der Waals surface area contributed by atoms with Crippen molar-refractivity contribution in [3.8, 4) is 0 Å². The third-order valence-electron chi connectivity index (χ3n) is 6.30. The van der Waals surface area contributed by atoms with Gasteiger partial charge in [-0.05, 0) is 60.5 Å². The lowest BCUT2D eigenvalue weighted by Crippen LogP contribution is -2.38. The molecule has 0 bridgehead atoms. The summed E-state index contributed by atoms with van der Waals surface area (Å²) < 4.78 is 6.48. The van der Waals surface area contributed by atoms with Crippen LogP contribution in [0.3, 0.4) is 0 Å². The highest BCUT2D eigenvalue weighted by molar-refractivity contribution is 5.70. The molecule has 2 unspecified atom stereocenters. The summed E-state index contributed by atoms with van der Waals surface area (Å²) in [6.07, 6.45) is 2.48. The number of aliphatic carboxylic acids is 1. The molecule has 2 aromatic carbocycles. The summed E-state index contributed by atoms with van der Waals surface area (Å²) in [5, 5.41) is 9.16. The molecule has 4 heteroatoms. The van der Waals surface area contributed by atoms with Gasteiger partial charge in [0.15, 0.2) is 0 Å². The first-order valence-electron chi connectivity index (χ1n) is 10.4. The van der Waals surface area contributed by atoms with Gasteiger partial charge in [0, 0.05) is 6.54 Å². The van der Waals surface area contributed by atoms with Crippen LogP contribution in [0.25, 0.3) is 0 Å². The van der Waals surface area contributed by atoms with E-state index in [1.807, 2.05) is 0 Å². The number of ether oxygens (including phenoxy) is 1. The van der Waals surface area contributed by atoms with E-state index in [4.69, 9.17) is 9.84 Å². The van der Waals surface area contributed by atoms with Gasteiger partial charge in [0.25, 0.3) is 0 Å². The average molecular weight is 380 g/mol. The van der Waals surface area contributed by atoms with E-state index < -0.39 is 5.97 Å². The number of nitrogens with zero attached hydrogens (tertiary/aromatic N) is 1. The van der Waals surface area contributed by atoms with E-state index in [0.29, 0.717) is 12.5 Å². The zero-order valence-corrected chi connectivity index (χ0v) is 16.5. The first-order valence-corrected chi connectivity index (χ1v) is 10.4. The molecule has 4 nitrogen and oxygen atoms in total. The van der Waals surface area contributed by atoms with Crippen LogP contribution in [0, 0.1) is 5.92 Å². The maximum Gasteiger partial charge on any atom is 0.306 e. The van der Waals surface area contributed by atoms with Crippen molar-refractivity contribution in [2.24, 2.45) is 5.92 Å². The Balaban J connectivity index is 1.47. The van der Waals surface area contributed by atoms with Crippen LogP contribution in [0.15, 0.2) is 48.5 Å². The lowest BCUT2D eigenvalue weighted by molar-refractivity contribution is -0.143. The number of carboxylic acid groups (broad SMARTS) is 1. The van der Waals surface area contributed by atoms with E-state index in [0.717, 1.165) is 38.9 Å². The second kappa shape index (κ2) is 8.46. The topological polar surface area (TPSA) is 49.8 Å². The predicted molar refractivity (Wildman–Crippen MR) is 110 cm³/mol. The van der Waals surface area contributed by atoms with Crippen molar-refractivity contribution in [1.29, 1.82) is 0 Å². The van der Waals surface area contributed by atoms with Crippen molar-refractivity contribution in [2.45, 2.75) is 38.2 Å². The Hall–Kier alpha value is -2.17. The predicted octanol–water partition coefficient (Wildman–Crippen LogP) is 4.25. The van der Waals surface area contributed by atoms with Crippen molar-refractivity contribution >= 4 is 5.97 Å². The molecule has 28 heavy (non-hydrogen) atoms. The van der Waals surface area contributed by atoms with Gasteiger partial charge in [-0.15, -0.1) is 0 Å². The molecule has 0 radical (unpaired) electrons. The standard InChI is InChI=1S/C24H29NO3/c1-17-16-19-6-2-3-8-21(19)23(22-9-5-4-7-20(17)22)28-15-14-25-12-10-18(11-13-25)24(26)27/h2-9,17-18,23H,10-16H2,1H3,(H,26,27). The van der Waals surface area contributed by atoms with Gasteiger partial charge in [0.1, 0.15) is 6.10 Å². The van der Waals surface area contributed by atoms with Crippen LogP contribution in [0.1, 0.15) is 54.0 Å². The number of piperidine rings is 1. The van der Waals surface area contributed by atoms with Crippen LogP contribution in [0.2, 0.25) is 0 Å². The van der Waals surface area contributed by atoms with Crippen LogP contribution in [-0.4, -0.2) is 42.2 Å². The fraction of sp³-hybridized carbons (Fsp3) is 0.458. The number of likely N-dealkylation sites (tertiary alicyclic amines) is 1. The molecule has 0 saturated carbocycles.